The van der Waals surface area contributed by atoms with Gasteiger partial charge in [-0.2, -0.15) is 0 Å². The van der Waals surface area contributed by atoms with Gasteiger partial charge in [-0.3, -0.25) is 0 Å². The molecule has 0 aromatic heterocycles. The summed E-state index contributed by atoms with van der Waals surface area (Å²) in [6.07, 6.45) is 0. The van der Waals surface area contributed by atoms with E-state index in [-0.39, 0.29) is 0 Å². The molecule has 0 saturated carbocycles. The normalized spacial score (nSPS) is 10.3. The lowest BCUT2D eigenvalue weighted by atomic mass is 9.49. The van der Waals surface area contributed by atoms with E-state index >= 15 is 0 Å². The van der Waals surface area contributed by atoms with Crippen molar-refractivity contribution >= 4 is 28.1 Å². The zero-order valence-electron chi connectivity index (χ0n) is 11.6. The Bertz CT molecular complexity index is 566. The maximum Gasteiger partial charge on any atom is 0.174 e. The highest BCUT2D eigenvalue weighted by molar-refractivity contribution is 9.10. The minimum Gasteiger partial charge on any atom is -0.488 e. The predicted molar refractivity (Wildman–Crippen MR) is 86.8 cm³/mol. The van der Waals surface area contributed by atoms with E-state index < -0.39 is 0 Å². The molecule has 0 atom stereocenters. The molecular formula is C16H18BBrO. The Hall–Kier alpha value is -1.22. The zero-order chi connectivity index (χ0) is 13.8. The average molecular weight is 317 g/mol. The first-order valence-corrected chi connectivity index (χ1v) is 7.34. The molecule has 0 amide bonds. The standard InChI is InChI=1S/C16H18BBrO/c1-12-6-4-7-13(10-12)11-19-16-14(17(2)3)8-5-9-15(16)18/h4-10H,11H2,1-3H3. The number of para-hydroxylation sites is 1. The summed E-state index contributed by atoms with van der Waals surface area (Å²) in [5.74, 6) is 0.957. The van der Waals surface area contributed by atoms with Gasteiger partial charge in [0.15, 0.2) is 6.71 Å². The van der Waals surface area contributed by atoms with Crippen molar-refractivity contribution in [3.8, 4) is 5.75 Å². The highest BCUT2D eigenvalue weighted by Crippen LogP contribution is 2.24. The van der Waals surface area contributed by atoms with Gasteiger partial charge in [-0.15, -0.1) is 0 Å². The fourth-order valence-electron chi connectivity index (χ4n) is 2.09. The van der Waals surface area contributed by atoms with Crippen LogP contribution in [0.5, 0.6) is 5.75 Å². The van der Waals surface area contributed by atoms with Gasteiger partial charge in [-0.25, -0.2) is 0 Å². The molecule has 1 nitrogen and oxygen atoms in total. The van der Waals surface area contributed by atoms with Gasteiger partial charge in [0.05, 0.1) is 4.47 Å². The number of hydrogen-bond acceptors (Lipinski definition) is 1. The van der Waals surface area contributed by atoms with Gasteiger partial charge in [-0.1, -0.05) is 55.6 Å². The summed E-state index contributed by atoms with van der Waals surface area (Å²) in [6.45, 7) is 7.51. The van der Waals surface area contributed by atoms with E-state index in [2.05, 4.69) is 72.9 Å². The van der Waals surface area contributed by atoms with Gasteiger partial charge in [-0.05, 0) is 39.9 Å². The van der Waals surface area contributed by atoms with Crippen LogP contribution in [-0.4, -0.2) is 6.71 Å². The fraction of sp³-hybridized carbons (Fsp3) is 0.250. The quantitative estimate of drug-likeness (QED) is 0.764. The Morgan fingerprint density at radius 2 is 1.84 bits per heavy atom. The summed E-state index contributed by atoms with van der Waals surface area (Å²) in [5.41, 5.74) is 3.70. The molecule has 0 N–H and O–H groups in total. The lowest BCUT2D eigenvalue weighted by Gasteiger charge is -2.15. The second-order valence-electron chi connectivity index (χ2n) is 5.09. The first-order valence-electron chi connectivity index (χ1n) is 6.54. The van der Waals surface area contributed by atoms with Crippen LogP contribution in [0.2, 0.25) is 13.6 Å². The molecule has 2 rings (SSSR count). The average Bonchev–Trinajstić information content (AvgIpc) is 2.37. The predicted octanol–water partition coefficient (Wildman–Crippen LogP) is 4.30. The van der Waals surface area contributed by atoms with Crippen LogP contribution in [0.3, 0.4) is 0 Å². The van der Waals surface area contributed by atoms with Crippen LogP contribution in [0.1, 0.15) is 11.1 Å². The SMILES string of the molecule is CB(C)c1cccc(Br)c1OCc1cccc(C)c1. The summed E-state index contributed by atoms with van der Waals surface area (Å²) in [4.78, 5) is 0. The van der Waals surface area contributed by atoms with Gasteiger partial charge in [0.2, 0.25) is 0 Å². The van der Waals surface area contributed by atoms with E-state index in [1.165, 1.54) is 16.6 Å². The third-order valence-corrected chi connectivity index (χ3v) is 3.71. The van der Waals surface area contributed by atoms with Gasteiger partial charge in [0.25, 0.3) is 0 Å². The molecule has 98 valence electrons. The van der Waals surface area contributed by atoms with Crippen LogP contribution >= 0.6 is 15.9 Å². The van der Waals surface area contributed by atoms with Gasteiger partial charge >= 0.3 is 0 Å². The molecule has 19 heavy (non-hydrogen) atoms. The van der Waals surface area contributed by atoms with Crippen LogP contribution in [0.25, 0.3) is 0 Å². The molecule has 0 radical (unpaired) electrons. The second-order valence-corrected chi connectivity index (χ2v) is 5.94. The van der Waals surface area contributed by atoms with Crippen LogP contribution in [-0.2, 0) is 6.61 Å². The number of halogens is 1. The maximum atomic E-state index is 6.02. The van der Waals surface area contributed by atoms with Crippen LogP contribution in [0.15, 0.2) is 46.9 Å². The number of hydrogen-bond donors (Lipinski definition) is 0. The number of rotatable bonds is 4. The highest BCUT2D eigenvalue weighted by atomic mass is 79.9. The van der Waals surface area contributed by atoms with Crippen molar-refractivity contribution < 1.29 is 4.74 Å². The highest BCUT2D eigenvalue weighted by Gasteiger charge is 2.13. The molecule has 3 heteroatoms. The Morgan fingerprint density at radius 1 is 1.11 bits per heavy atom. The van der Waals surface area contributed by atoms with E-state index in [4.69, 9.17) is 4.74 Å². The number of benzene rings is 2. The zero-order valence-corrected chi connectivity index (χ0v) is 13.2. The van der Waals surface area contributed by atoms with Gasteiger partial charge in [0, 0.05) is 0 Å². The first-order chi connectivity index (χ1) is 9.08. The Labute approximate surface area is 124 Å². The molecule has 0 bridgehead atoms. The van der Waals surface area contributed by atoms with Crippen LogP contribution in [0, 0.1) is 6.92 Å². The Balaban J connectivity index is 2.19. The maximum absolute atomic E-state index is 6.02. The fourth-order valence-corrected chi connectivity index (χ4v) is 2.59. The molecule has 0 unspecified atom stereocenters. The van der Waals surface area contributed by atoms with Crippen molar-refractivity contribution in [3.05, 3.63) is 58.1 Å². The number of ether oxygens (including phenoxy) is 1. The minimum absolute atomic E-state index is 0.449. The van der Waals surface area contributed by atoms with E-state index in [9.17, 15) is 0 Å². The molecule has 0 aliphatic carbocycles. The molecular weight excluding hydrogens is 299 g/mol. The van der Waals surface area contributed by atoms with Crippen molar-refractivity contribution in [1.29, 1.82) is 0 Å². The molecule has 0 aliphatic heterocycles. The molecule has 0 saturated heterocycles. The Kier molecular flexibility index (Phi) is 4.70. The second kappa shape index (κ2) is 6.29. The molecule has 0 fully saturated rings. The van der Waals surface area contributed by atoms with E-state index in [0.29, 0.717) is 13.3 Å². The van der Waals surface area contributed by atoms with Crippen molar-refractivity contribution in [1.82, 2.24) is 0 Å². The third kappa shape index (κ3) is 3.63. The monoisotopic (exact) mass is 316 g/mol. The van der Waals surface area contributed by atoms with Crippen LogP contribution in [0.4, 0.5) is 0 Å². The lowest BCUT2D eigenvalue weighted by molar-refractivity contribution is 0.306. The van der Waals surface area contributed by atoms with Crippen molar-refractivity contribution in [2.45, 2.75) is 27.2 Å². The first kappa shape index (κ1) is 14.2. The summed E-state index contributed by atoms with van der Waals surface area (Å²) in [7, 11) is 0. The summed E-state index contributed by atoms with van der Waals surface area (Å²) >= 11 is 3.58. The topological polar surface area (TPSA) is 9.23 Å². The van der Waals surface area contributed by atoms with Crippen molar-refractivity contribution in [3.63, 3.8) is 0 Å². The third-order valence-electron chi connectivity index (χ3n) is 3.09. The van der Waals surface area contributed by atoms with E-state index in [0.717, 1.165) is 10.2 Å². The van der Waals surface area contributed by atoms with Gasteiger partial charge < -0.3 is 4.74 Å². The minimum atomic E-state index is 0.449. The largest absolute Gasteiger partial charge is 0.488 e. The lowest BCUT2D eigenvalue weighted by Crippen LogP contribution is -2.25. The smallest absolute Gasteiger partial charge is 0.174 e. The van der Waals surface area contributed by atoms with E-state index in [1.807, 2.05) is 6.07 Å². The summed E-state index contributed by atoms with van der Waals surface area (Å²) in [6, 6.07) is 14.6. The molecule has 0 heterocycles. The van der Waals surface area contributed by atoms with Gasteiger partial charge in [0.1, 0.15) is 12.4 Å². The molecule has 2 aromatic carbocycles. The molecule has 0 spiro atoms. The number of aryl methyl sites for hydroxylation is 1. The van der Waals surface area contributed by atoms with Crippen molar-refractivity contribution in [2.75, 3.05) is 0 Å². The van der Waals surface area contributed by atoms with Crippen LogP contribution < -0.4 is 10.2 Å². The summed E-state index contributed by atoms with van der Waals surface area (Å²) in [5, 5.41) is 0. The molecule has 2 aromatic rings. The van der Waals surface area contributed by atoms with Crippen molar-refractivity contribution in [2.24, 2.45) is 0 Å². The Morgan fingerprint density at radius 3 is 2.53 bits per heavy atom. The molecule has 0 aliphatic rings. The summed E-state index contributed by atoms with van der Waals surface area (Å²) < 4.78 is 7.04. The van der Waals surface area contributed by atoms with E-state index in [1.54, 1.807) is 0 Å².